The van der Waals surface area contributed by atoms with Gasteiger partial charge in [0.1, 0.15) is 12.2 Å². The number of halogens is 2. The number of carbonyl (C=O) groups excluding carboxylic acids is 1. The van der Waals surface area contributed by atoms with E-state index >= 15 is 0 Å². The smallest absolute Gasteiger partial charge is 0.323 e. The van der Waals surface area contributed by atoms with Crippen LogP contribution in [0.2, 0.25) is 0 Å². The lowest BCUT2D eigenvalue weighted by atomic mass is 10.2. The van der Waals surface area contributed by atoms with Gasteiger partial charge in [-0.25, -0.2) is 4.98 Å². The van der Waals surface area contributed by atoms with Gasteiger partial charge < -0.3 is 10.0 Å². The Hall–Kier alpha value is -0.950. The van der Waals surface area contributed by atoms with E-state index in [1.807, 2.05) is 0 Å². The summed E-state index contributed by atoms with van der Waals surface area (Å²) in [5.41, 5.74) is 0.202. The van der Waals surface area contributed by atoms with Crippen LogP contribution in [0.1, 0.15) is 24.3 Å². The van der Waals surface area contributed by atoms with E-state index in [4.69, 9.17) is 5.11 Å². The van der Waals surface area contributed by atoms with E-state index in [0.29, 0.717) is 4.47 Å². The maximum Gasteiger partial charge on any atom is 0.323 e. The van der Waals surface area contributed by atoms with Crippen molar-refractivity contribution >= 4 is 43.7 Å². The predicted octanol–water partition coefficient (Wildman–Crippen LogP) is 2.54. The van der Waals surface area contributed by atoms with Crippen LogP contribution < -0.4 is 0 Å². The first kappa shape index (κ1) is 15.1. The van der Waals surface area contributed by atoms with Crippen molar-refractivity contribution in [1.82, 2.24) is 9.88 Å². The molecule has 0 unspecified atom stereocenters. The average molecular weight is 380 g/mol. The second-order valence-corrected chi connectivity index (χ2v) is 5.67. The Balaban J connectivity index is 3.05. The molecule has 0 saturated heterocycles. The largest absolute Gasteiger partial charge is 0.480 e. The number of aromatic nitrogens is 1. The summed E-state index contributed by atoms with van der Waals surface area (Å²) >= 11 is 6.48. The molecule has 1 heterocycles. The van der Waals surface area contributed by atoms with Crippen LogP contribution in [0.4, 0.5) is 0 Å². The molecule has 1 aromatic rings. The standard InChI is InChI=1S/C11H12Br2N2O3/c1-6(2)15(5-9(16)17)11(18)10-8(13)3-7(12)4-14-10/h3-4,6H,5H2,1-2H3,(H,16,17). The molecule has 0 bridgehead atoms. The molecular formula is C11H12Br2N2O3. The Morgan fingerprint density at radius 3 is 2.50 bits per heavy atom. The monoisotopic (exact) mass is 378 g/mol. The molecule has 1 aromatic heterocycles. The molecule has 0 aliphatic rings. The van der Waals surface area contributed by atoms with Gasteiger partial charge in [0, 0.05) is 16.7 Å². The molecule has 1 rings (SSSR count). The molecule has 0 spiro atoms. The Labute approximate surface area is 121 Å². The number of carboxylic acids is 1. The highest BCUT2D eigenvalue weighted by molar-refractivity contribution is 9.11. The first-order valence-electron chi connectivity index (χ1n) is 5.16. The normalized spacial score (nSPS) is 10.5. The highest BCUT2D eigenvalue weighted by atomic mass is 79.9. The summed E-state index contributed by atoms with van der Waals surface area (Å²) < 4.78 is 1.26. The summed E-state index contributed by atoms with van der Waals surface area (Å²) in [5.74, 6) is -1.46. The zero-order valence-corrected chi connectivity index (χ0v) is 13.0. The minimum absolute atomic E-state index is 0.202. The van der Waals surface area contributed by atoms with E-state index in [1.54, 1.807) is 19.9 Å². The van der Waals surface area contributed by atoms with Gasteiger partial charge in [0.25, 0.3) is 5.91 Å². The number of hydrogen-bond donors (Lipinski definition) is 1. The quantitative estimate of drug-likeness (QED) is 0.872. The minimum atomic E-state index is -1.05. The number of nitrogens with zero attached hydrogens (tertiary/aromatic N) is 2. The molecule has 1 amide bonds. The fourth-order valence-electron chi connectivity index (χ4n) is 1.34. The number of pyridine rings is 1. The second kappa shape index (κ2) is 6.29. The second-order valence-electron chi connectivity index (χ2n) is 3.90. The maximum absolute atomic E-state index is 12.2. The van der Waals surface area contributed by atoms with E-state index in [1.165, 1.54) is 11.1 Å². The van der Waals surface area contributed by atoms with E-state index in [-0.39, 0.29) is 18.3 Å². The molecule has 0 aromatic carbocycles. The molecule has 98 valence electrons. The first-order chi connectivity index (χ1) is 8.32. The van der Waals surface area contributed by atoms with Crippen molar-refractivity contribution in [2.24, 2.45) is 0 Å². The van der Waals surface area contributed by atoms with Crippen molar-refractivity contribution in [2.45, 2.75) is 19.9 Å². The van der Waals surface area contributed by atoms with Crippen LogP contribution in [-0.2, 0) is 4.79 Å². The van der Waals surface area contributed by atoms with Gasteiger partial charge in [0.05, 0.1) is 4.47 Å². The molecule has 0 aliphatic carbocycles. The Morgan fingerprint density at radius 2 is 2.06 bits per heavy atom. The van der Waals surface area contributed by atoms with E-state index < -0.39 is 11.9 Å². The molecule has 0 radical (unpaired) electrons. The Morgan fingerprint density at radius 1 is 1.44 bits per heavy atom. The fourth-order valence-corrected chi connectivity index (χ4v) is 2.50. The first-order valence-corrected chi connectivity index (χ1v) is 6.75. The highest BCUT2D eigenvalue weighted by Crippen LogP contribution is 2.21. The summed E-state index contributed by atoms with van der Waals surface area (Å²) in [7, 11) is 0. The fraction of sp³-hybridized carbons (Fsp3) is 0.364. The van der Waals surface area contributed by atoms with Crippen LogP contribution in [0.25, 0.3) is 0 Å². The van der Waals surface area contributed by atoms with E-state index in [0.717, 1.165) is 4.47 Å². The van der Waals surface area contributed by atoms with Crippen molar-refractivity contribution in [3.05, 3.63) is 26.9 Å². The third kappa shape index (κ3) is 3.78. The summed E-state index contributed by atoms with van der Waals surface area (Å²) in [4.78, 5) is 28.2. The van der Waals surface area contributed by atoms with Crippen LogP contribution in [0.5, 0.6) is 0 Å². The SMILES string of the molecule is CC(C)N(CC(=O)O)C(=O)c1ncc(Br)cc1Br. The van der Waals surface area contributed by atoms with Crippen LogP contribution in [0.3, 0.4) is 0 Å². The van der Waals surface area contributed by atoms with Gasteiger partial charge in [0.15, 0.2) is 0 Å². The molecule has 0 saturated carbocycles. The predicted molar refractivity (Wildman–Crippen MR) is 73.4 cm³/mol. The zero-order valence-electron chi connectivity index (χ0n) is 9.85. The van der Waals surface area contributed by atoms with Gasteiger partial charge >= 0.3 is 5.97 Å². The van der Waals surface area contributed by atoms with Gasteiger partial charge in [-0.15, -0.1) is 0 Å². The maximum atomic E-state index is 12.2. The van der Waals surface area contributed by atoms with Gasteiger partial charge in [-0.1, -0.05) is 0 Å². The average Bonchev–Trinajstić information content (AvgIpc) is 2.24. The summed E-state index contributed by atoms with van der Waals surface area (Å²) in [6.45, 7) is 3.17. The van der Waals surface area contributed by atoms with Gasteiger partial charge in [-0.2, -0.15) is 0 Å². The zero-order chi connectivity index (χ0) is 13.9. The molecule has 18 heavy (non-hydrogen) atoms. The van der Waals surface area contributed by atoms with Crippen LogP contribution in [0.15, 0.2) is 21.2 Å². The number of carboxylic acid groups (broad SMARTS) is 1. The van der Waals surface area contributed by atoms with Crippen LogP contribution in [-0.4, -0.2) is 39.5 Å². The third-order valence-corrected chi connectivity index (χ3v) is 3.24. The van der Waals surface area contributed by atoms with Gasteiger partial charge in [0.2, 0.25) is 0 Å². The molecule has 7 heteroatoms. The molecule has 0 fully saturated rings. The molecule has 0 aliphatic heterocycles. The summed E-state index contributed by atoms with van der Waals surface area (Å²) in [5, 5.41) is 8.81. The lowest BCUT2D eigenvalue weighted by molar-refractivity contribution is -0.138. The Bertz CT molecular complexity index is 477. The lowest BCUT2D eigenvalue weighted by Crippen LogP contribution is -2.41. The van der Waals surface area contributed by atoms with E-state index in [2.05, 4.69) is 36.8 Å². The minimum Gasteiger partial charge on any atom is -0.480 e. The number of rotatable bonds is 4. The van der Waals surface area contributed by atoms with E-state index in [9.17, 15) is 9.59 Å². The van der Waals surface area contributed by atoms with Crippen molar-refractivity contribution in [3.63, 3.8) is 0 Å². The molecular weight excluding hydrogens is 368 g/mol. The number of aliphatic carboxylic acids is 1. The van der Waals surface area contributed by atoms with Gasteiger partial charge in [-0.05, 0) is 51.8 Å². The third-order valence-electron chi connectivity index (χ3n) is 2.20. The van der Waals surface area contributed by atoms with Gasteiger partial charge in [-0.3, -0.25) is 9.59 Å². The number of carbonyl (C=O) groups is 2. The van der Waals surface area contributed by atoms with Crippen molar-refractivity contribution in [3.8, 4) is 0 Å². The lowest BCUT2D eigenvalue weighted by Gasteiger charge is -2.24. The molecule has 0 atom stereocenters. The topological polar surface area (TPSA) is 70.5 Å². The molecule has 5 nitrogen and oxygen atoms in total. The van der Waals surface area contributed by atoms with Crippen molar-refractivity contribution in [2.75, 3.05) is 6.54 Å². The highest BCUT2D eigenvalue weighted by Gasteiger charge is 2.24. The summed E-state index contributed by atoms with van der Waals surface area (Å²) in [6.07, 6.45) is 1.50. The Kier molecular flexibility index (Phi) is 5.28. The van der Waals surface area contributed by atoms with Crippen molar-refractivity contribution < 1.29 is 14.7 Å². The van der Waals surface area contributed by atoms with Crippen molar-refractivity contribution in [1.29, 1.82) is 0 Å². The number of hydrogen-bond acceptors (Lipinski definition) is 3. The van der Waals surface area contributed by atoms with Crippen LogP contribution >= 0.6 is 31.9 Å². The molecule has 1 N–H and O–H groups in total. The van der Waals surface area contributed by atoms with Crippen LogP contribution in [0, 0.1) is 0 Å². The number of amides is 1. The summed E-state index contributed by atoms with van der Waals surface area (Å²) in [6, 6.07) is 1.48.